The van der Waals surface area contributed by atoms with Crippen LogP contribution in [0.2, 0.25) is 0 Å². The van der Waals surface area contributed by atoms with Gasteiger partial charge in [0.1, 0.15) is 29.3 Å². The Balaban J connectivity index is -0.000000347. The molecule has 0 aromatic heterocycles. The predicted octanol–water partition coefficient (Wildman–Crippen LogP) is 4.73. The van der Waals surface area contributed by atoms with Crippen LogP contribution in [0, 0.1) is 20.8 Å². The highest BCUT2D eigenvalue weighted by Gasteiger charge is 2.07. The average molecular weight is 408 g/mol. The van der Waals surface area contributed by atoms with E-state index >= 15 is 0 Å². The molecule has 7 nitrogen and oxygen atoms in total. The van der Waals surface area contributed by atoms with Gasteiger partial charge in [0.25, 0.3) is 0 Å². The number of aliphatic carboxylic acids is 1. The standard InChI is InChI=1S/C8H8O3.C8H10O.C4H6O3.2CH4/c1-5-2-3-7(9)6(4-5)8(10)11;1-6-3-4-7(2)8(9)5-6;1-3(5)2-4(6)7;;/h2-4,9H,1H3,(H,10,11);3-5,9H,1-2H3;2H2,1H3,(H,6,7);2*1H4. The minimum atomic E-state index is -1.11. The zero-order valence-corrected chi connectivity index (χ0v) is 15.7. The van der Waals surface area contributed by atoms with Gasteiger partial charge in [-0.1, -0.05) is 38.6 Å². The second kappa shape index (κ2) is 14.7. The number of phenols is 2. The number of phenolic OH excluding ortho intramolecular Hbond substituents is 1. The maximum Gasteiger partial charge on any atom is 0.339 e. The average Bonchev–Trinajstić information content (AvgIpc) is 2.53. The Morgan fingerprint density at radius 2 is 1.28 bits per heavy atom. The van der Waals surface area contributed by atoms with E-state index in [0.29, 0.717) is 5.75 Å². The molecule has 0 unspecified atom stereocenters. The van der Waals surface area contributed by atoms with Gasteiger partial charge in [-0.2, -0.15) is 0 Å². The van der Waals surface area contributed by atoms with Crippen molar-refractivity contribution in [1.82, 2.24) is 0 Å². The first kappa shape index (κ1) is 30.4. The third-order valence-corrected chi connectivity index (χ3v) is 3.15. The Hall–Kier alpha value is -3.35. The summed E-state index contributed by atoms with van der Waals surface area (Å²) in [4.78, 5) is 29.9. The number of carbonyl (C=O) groups is 3. The van der Waals surface area contributed by atoms with Gasteiger partial charge in [0, 0.05) is 0 Å². The highest BCUT2D eigenvalue weighted by Crippen LogP contribution is 2.17. The molecule has 0 aliphatic carbocycles. The third-order valence-electron chi connectivity index (χ3n) is 3.15. The van der Waals surface area contributed by atoms with Crippen molar-refractivity contribution in [2.45, 2.75) is 49.0 Å². The van der Waals surface area contributed by atoms with Crippen LogP contribution >= 0.6 is 0 Å². The minimum absolute atomic E-state index is 0. The van der Waals surface area contributed by atoms with E-state index in [2.05, 4.69) is 0 Å². The first-order valence-corrected chi connectivity index (χ1v) is 7.94. The predicted molar refractivity (Wildman–Crippen MR) is 114 cm³/mol. The van der Waals surface area contributed by atoms with Crippen molar-refractivity contribution < 1.29 is 34.8 Å². The van der Waals surface area contributed by atoms with Crippen LogP contribution in [0.1, 0.15) is 55.2 Å². The van der Waals surface area contributed by atoms with E-state index in [0.717, 1.165) is 16.7 Å². The summed E-state index contributed by atoms with van der Waals surface area (Å²) in [5, 5.41) is 34.5. The van der Waals surface area contributed by atoms with E-state index in [1.54, 1.807) is 19.1 Å². The lowest BCUT2D eigenvalue weighted by Gasteiger charge is -1.98. The number of carbonyl (C=O) groups excluding carboxylic acids is 1. The Bertz CT molecular complexity index is 799. The number of aromatic hydroxyl groups is 2. The summed E-state index contributed by atoms with van der Waals surface area (Å²) in [6.07, 6.45) is -0.361. The fourth-order valence-corrected chi connectivity index (χ4v) is 1.75. The molecule has 0 amide bonds. The van der Waals surface area contributed by atoms with Crippen LogP contribution in [-0.4, -0.2) is 38.1 Å². The molecule has 0 aliphatic rings. The molecule has 2 aromatic rings. The molecule has 0 spiro atoms. The number of Topliss-reactive ketones (excluding diaryl/α,β-unsaturated/α-hetero) is 1. The first-order chi connectivity index (χ1) is 12.4. The molecule has 0 saturated carbocycles. The van der Waals surface area contributed by atoms with Crippen LogP contribution in [0.4, 0.5) is 0 Å². The smallest absolute Gasteiger partial charge is 0.339 e. The van der Waals surface area contributed by atoms with Crippen molar-refractivity contribution >= 4 is 17.7 Å². The summed E-state index contributed by atoms with van der Waals surface area (Å²) in [6, 6.07) is 10.1. The van der Waals surface area contributed by atoms with Crippen molar-refractivity contribution in [1.29, 1.82) is 0 Å². The van der Waals surface area contributed by atoms with Crippen molar-refractivity contribution in [3.05, 3.63) is 58.7 Å². The number of aromatic carboxylic acids is 1. The largest absolute Gasteiger partial charge is 0.508 e. The Morgan fingerprint density at radius 3 is 1.59 bits per heavy atom. The summed E-state index contributed by atoms with van der Waals surface area (Å²) in [5.41, 5.74) is 2.80. The highest BCUT2D eigenvalue weighted by molar-refractivity contribution is 5.93. The SMILES string of the molecule is C.C.CC(=O)CC(=O)O.Cc1ccc(C)c(O)c1.Cc1ccc(O)c(C(=O)O)c1. The van der Waals surface area contributed by atoms with Crippen molar-refractivity contribution in [3.63, 3.8) is 0 Å². The van der Waals surface area contributed by atoms with Crippen LogP contribution in [-0.2, 0) is 9.59 Å². The second-order valence-electron chi connectivity index (χ2n) is 5.89. The summed E-state index contributed by atoms with van der Waals surface area (Å²) in [6.45, 7) is 6.86. The topological polar surface area (TPSA) is 132 Å². The maximum absolute atomic E-state index is 10.4. The van der Waals surface area contributed by atoms with Crippen molar-refractivity contribution in [2.75, 3.05) is 0 Å². The molecule has 0 fully saturated rings. The lowest BCUT2D eigenvalue weighted by atomic mass is 10.1. The number of hydrogen-bond acceptors (Lipinski definition) is 5. The van der Waals surface area contributed by atoms with E-state index in [1.807, 2.05) is 26.0 Å². The Morgan fingerprint density at radius 1 is 0.793 bits per heavy atom. The van der Waals surface area contributed by atoms with E-state index in [4.69, 9.17) is 20.4 Å². The van der Waals surface area contributed by atoms with E-state index in [9.17, 15) is 14.4 Å². The van der Waals surface area contributed by atoms with Crippen LogP contribution in [0.3, 0.4) is 0 Å². The molecule has 0 bridgehead atoms. The molecule has 0 aliphatic heterocycles. The van der Waals surface area contributed by atoms with Crippen molar-refractivity contribution in [3.8, 4) is 11.5 Å². The fraction of sp³-hybridized carbons (Fsp3) is 0.318. The van der Waals surface area contributed by atoms with Gasteiger partial charge in [-0.25, -0.2) is 4.79 Å². The first-order valence-electron chi connectivity index (χ1n) is 7.94. The summed E-state index contributed by atoms with van der Waals surface area (Å²) < 4.78 is 0. The van der Waals surface area contributed by atoms with E-state index in [1.165, 1.54) is 19.1 Å². The van der Waals surface area contributed by atoms with E-state index < -0.39 is 11.9 Å². The molecule has 2 aromatic carbocycles. The summed E-state index contributed by atoms with van der Waals surface area (Å²) in [5.74, 6) is -2.29. The lowest BCUT2D eigenvalue weighted by Crippen LogP contribution is -2.00. The monoisotopic (exact) mass is 408 g/mol. The molecule has 7 heteroatoms. The molecular weight excluding hydrogens is 376 g/mol. The van der Waals surface area contributed by atoms with Gasteiger partial charge in [-0.3, -0.25) is 9.59 Å². The number of carboxylic acids is 2. The number of aryl methyl sites for hydroxylation is 3. The fourth-order valence-electron chi connectivity index (χ4n) is 1.75. The van der Waals surface area contributed by atoms with Gasteiger partial charge < -0.3 is 20.4 Å². The molecule has 29 heavy (non-hydrogen) atoms. The third kappa shape index (κ3) is 13.5. The normalized spacial score (nSPS) is 8.55. The lowest BCUT2D eigenvalue weighted by molar-refractivity contribution is -0.139. The number of hydrogen-bond donors (Lipinski definition) is 4. The quantitative estimate of drug-likeness (QED) is 0.540. The van der Waals surface area contributed by atoms with Crippen LogP contribution in [0.25, 0.3) is 0 Å². The zero-order valence-electron chi connectivity index (χ0n) is 15.7. The number of benzene rings is 2. The highest BCUT2D eigenvalue weighted by atomic mass is 16.4. The van der Waals surface area contributed by atoms with Crippen LogP contribution in [0.15, 0.2) is 36.4 Å². The van der Waals surface area contributed by atoms with Gasteiger partial charge in [-0.05, 0) is 57.0 Å². The molecule has 4 N–H and O–H groups in total. The second-order valence-corrected chi connectivity index (χ2v) is 5.89. The zero-order chi connectivity index (χ0) is 21.1. The van der Waals surface area contributed by atoms with Gasteiger partial charge >= 0.3 is 11.9 Å². The number of carboxylic acid groups (broad SMARTS) is 2. The summed E-state index contributed by atoms with van der Waals surface area (Å²) >= 11 is 0. The van der Waals surface area contributed by atoms with Gasteiger partial charge in [0.05, 0.1) is 0 Å². The molecular formula is C22H32O7. The minimum Gasteiger partial charge on any atom is -0.508 e. The van der Waals surface area contributed by atoms with Crippen LogP contribution in [0.5, 0.6) is 11.5 Å². The molecule has 0 heterocycles. The maximum atomic E-state index is 10.4. The molecule has 0 atom stereocenters. The Labute approximate surface area is 172 Å². The molecule has 162 valence electrons. The number of rotatable bonds is 3. The van der Waals surface area contributed by atoms with Gasteiger partial charge in [0.15, 0.2) is 0 Å². The van der Waals surface area contributed by atoms with Gasteiger partial charge in [-0.15, -0.1) is 0 Å². The van der Waals surface area contributed by atoms with Gasteiger partial charge in [0.2, 0.25) is 0 Å². The van der Waals surface area contributed by atoms with Crippen molar-refractivity contribution in [2.24, 2.45) is 0 Å². The van der Waals surface area contributed by atoms with Crippen LogP contribution < -0.4 is 0 Å². The molecule has 2 rings (SSSR count). The Kier molecular flexibility index (Phi) is 15.4. The number of ketones is 1. The molecule has 0 radical (unpaired) electrons. The molecule has 0 saturated heterocycles. The van der Waals surface area contributed by atoms with E-state index in [-0.39, 0.29) is 38.4 Å². The summed E-state index contributed by atoms with van der Waals surface area (Å²) in [7, 11) is 0.